The molecule has 1 heterocycles. The summed E-state index contributed by atoms with van der Waals surface area (Å²) >= 11 is 1.51. The summed E-state index contributed by atoms with van der Waals surface area (Å²) in [4.78, 5) is 38.1. The number of urea groups is 1. The zero-order valence-corrected chi connectivity index (χ0v) is 15.3. The van der Waals surface area contributed by atoms with E-state index in [0.717, 1.165) is 0 Å². The van der Waals surface area contributed by atoms with Crippen LogP contribution in [0, 0.1) is 5.92 Å². The Morgan fingerprint density at radius 1 is 1.36 bits per heavy atom. The summed E-state index contributed by atoms with van der Waals surface area (Å²) in [5, 5.41) is 14.7. The average molecular weight is 365 g/mol. The Balaban J connectivity index is 2.33. The summed E-state index contributed by atoms with van der Waals surface area (Å²) in [6.45, 7) is 3.70. The summed E-state index contributed by atoms with van der Waals surface area (Å²) in [6.07, 6.45) is 2.19. The summed E-state index contributed by atoms with van der Waals surface area (Å²) in [5.74, 6) is -0.881. The maximum atomic E-state index is 12.9. The van der Waals surface area contributed by atoms with E-state index < -0.39 is 24.1 Å². The highest BCUT2D eigenvalue weighted by atomic mass is 32.2. The maximum absolute atomic E-state index is 12.9. The minimum absolute atomic E-state index is 0.131. The predicted molar refractivity (Wildman–Crippen MR) is 99.1 cm³/mol. The smallest absolute Gasteiger partial charge is 0.326 e. The standard InChI is InChI=1S/C17H23N3O4S/c1-10(2)14-15(21)18-11-6-4-5-7-13(11)20(14)17(24)19-12(16(22)23)8-9-25-3/h4-7,10,12,14H,8-9H2,1-3H3,(H,18,21)(H,19,24)(H,22,23). The van der Waals surface area contributed by atoms with Gasteiger partial charge in [-0.05, 0) is 36.5 Å². The molecule has 1 aliphatic rings. The number of carbonyl (C=O) groups is 3. The summed E-state index contributed by atoms with van der Waals surface area (Å²) < 4.78 is 0. The Hall–Kier alpha value is -2.22. The Labute approximate surface area is 151 Å². The fourth-order valence-electron chi connectivity index (χ4n) is 2.81. The van der Waals surface area contributed by atoms with Gasteiger partial charge in [-0.1, -0.05) is 26.0 Å². The van der Waals surface area contributed by atoms with Crippen molar-refractivity contribution < 1.29 is 19.5 Å². The topological polar surface area (TPSA) is 98.7 Å². The zero-order chi connectivity index (χ0) is 18.6. The van der Waals surface area contributed by atoms with Gasteiger partial charge in [0.25, 0.3) is 0 Å². The van der Waals surface area contributed by atoms with Gasteiger partial charge in [0.2, 0.25) is 5.91 Å². The predicted octanol–water partition coefficient (Wildman–Crippen LogP) is 2.39. The third kappa shape index (κ3) is 4.25. The molecule has 136 valence electrons. The number of fused-ring (bicyclic) bond motifs is 1. The molecule has 1 aliphatic heterocycles. The van der Waals surface area contributed by atoms with Crippen LogP contribution in [0.3, 0.4) is 0 Å². The van der Waals surface area contributed by atoms with E-state index in [1.54, 1.807) is 24.3 Å². The molecule has 0 radical (unpaired) electrons. The molecule has 3 amide bonds. The number of nitrogens with one attached hydrogen (secondary N) is 2. The van der Waals surface area contributed by atoms with Crippen LogP contribution >= 0.6 is 11.8 Å². The molecule has 0 aromatic heterocycles. The molecular formula is C17H23N3O4S. The van der Waals surface area contributed by atoms with E-state index in [2.05, 4.69) is 10.6 Å². The highest BCUT2D eigenvalue weighted by Crippen LogP contribution is 2.34. The number of amides is 3. The van der Waals surface area contributed by atoms with Crippen molar-refractivity contribution in [2.45, 2.75) is 32.4 Å². The lowest BCUT2D eigenvalue weighted by Gasteiger charge is -2.38. The van der Waals surface area contributed by atoms with E-state index in [1.165, 1.54) is 16.7 Å². The van der Waals surface area contributed by atoms with Gasteiger partial charge in [-0.2, -0.15) is 11.8 Å². The number of anilines is 2. The quantitative estimate of drug-likeness (QED) is 0.719. The Morgan fingerprint density at radius 3 is 2.64 bits per heavy atom. The zero-order valence-electron chi connectivity index (χ0n) is 14.5. The van der Waals surface area contributed by atoms with E-state index in [1.807, 2.05) is 20.1 Å². The fraction of sp³-hybridized carbons (Fsp3) is 0.471. The number of rotatable bonds is 6. The van der Waals surface area contributed by atoms with Crippen LogP contribution in [0.15, 0.2) is 24.3 Å². The van der Waals surface area contributed by atoms with Gasteiger partial charge >= 0.3 is 12.0 Å². The van der Waals surface area contributed by atoms with Gasteiger partial charge in [-0.25, -0.2) is 9.59 Å². The number of hydrogen-bond donors (Lipinski definition) is 3. The molecule has 8 heteroatoms. The number of carboxylic acid groups (broad SMARTS) is 1. The molecule has 2 unspecified atom stereocenters. The van der Waals surface area contributed by atoms with Gasteiger partial charge < -0.3 is 15.7 Å². The van der Waals surface area contributed by atoms with Crippen molar-refractivity contribution in [1.82, 2.24) is 5.32 Å². The molecule has 1 aromatic rings. The highest BCUT2D eigenvalue weighted by molar-refractivity contribution is 7.98. The van der Waals surface area contributed by atoms with Crippen LogP contribution in [0.1, 0.15) is 20.3 Å². The molecule has 7 nitrogen and oxygen atoms in total. The first-order chi connectivity index (χ1) is 11.9. The highest BCUT2D eigenvalue weighted by Gasteiger charge is 2.39. The molecule has 1 aromatic carbocycles. The number of hydrogen-bond acceptors (Lipinski definition) is 4. The number of aliphatic carboxylic acids is 1. The van der Waals surface area contributed by atoms with Crippen molar-refractivity contribution in [2.75, 3.05) is 22.2 Å². The van der Waals surface area contributed by atoms with Gasteiger partial charge in [0.1, 0.15) is 12.1 Å². The van der Waals surface area contributed by atoms with Crippen LogP contribution < -0.4 is 15.5 Å². The minimum Gasteiger partial charge on any atom is -0.480 e. The average Bonchev–Trinajstić information content (AvgIpc) is 2.56. The van der Waals surface area contributed by atoms with Crippen LogP contribution in [0.5, 0.6) is 0 Å². The van der Waals surface area contributed by atoms with Crippen LogP contribution in [-0.4, -0.2) is 47.1 Å². The number of carbonyl (C=O) groups excluding carboxylic acids is 2. The molecule has 0 aliphatic carbocycles. The molecule has 0 bridgehead atoms. The molecule has 25 heavy (non-hydrogen) atoms. The monoisotopic (exact) mass is 365 g/mol. The van der Waals surface area contributed by atoms with Crippen molar-refractivity contribution >= 4 is 41.0 Å². The van der Waals surface area contributed by atoms with Gasteiger partial charge in [0, 0.05) is 0 Å². The number of thioether (sulfide) groups is 1. The van der Waals surface area contributed by atoms with Gasteiger partial charge in [0.05, 0.1) is 11.4 Å². The van der Waals surface area contributed by atoms with Gasteiger partial charge in [0.15, 0.2) is 0 Å². The second-order valence-electron chi connectivity index (χ2n) is 6.19. The summed E-state index contributed by atoms with van der Waals surface area (Å²) in [6, 6.07) is 4.72. The molecule has 3 N–H and O–H groups in total. The molecule has 0 saturated heterocycles. The summed E-state index contributed by atoms with van der Waals surface area (Å²) in [7, 11) is 0. The second-order valence-corrected chi connectivity index (χ2v) is 7.17. The normalized spacial score (nSPS) is 17.7. The van der Waals surface area contributed by atoms with E-state index in [4.69, 9.17) is 0 Å². The van der Waals surface area contributed by atoms with Crippen molar-refractivity contribution in [3.05, 3.63) is 24.3 Å². The molecular weight excluding hydrogens is 342 g/mol. The van der Waals surface area contributed by atoms with E-state index >= 15 is 0 Å². The van der Waals surface area contributed by atoms with Crippen LogP contribution in [0.4, 0.5) is 16.2 Å². The van der Waals surface area contributed by atoms with E-state index in [-0.39, 0.29) is 11.8 Å². The second kappa shape index (κ2) is 8.24. The minimum atomic E-state index is -1.08. The molecule has 0 fully saturated rings. The van der Waals surface area contributed by atoms with E-state index in [9.17, 15) is 19.5 Å². The van der Waals surface area contributed by atoms with Crippen molar-refractivity contribution in [2.24, 2.45) is 5.92 Å². The number of carboxylic acids is 1. The number of para-hydroxylation sites is 2. The van der Waals surface area contributed by atoms with E-state index in [0.29, 0.717) is 23.5 Å². The lowest BCUT2D eigenvalue weighted by atomic mass is 9.98. The first-order valence-electron chi connectivity index (χ1n) is 8.08. The number of nitrogens with zero attached hydrogens (tertiary/aromatic N) is 1. The molecule has 2 atom stereocenters. The molecule has 2 rings (SSSR count). The Morgan fingerprint density at radius 2 is 2.04 bits per heavy atom. The first-order valence-corrected chi connectivity index (χ1v) is 9.47. The van der Waals surface area contributed by atoms with Crippen molar-refractivity contribution in [3.63, 3.8) is 0 Å². The lowest BCUT2D eigenvalue weighted by molar-refractivity contribution is -0.139. The third-order valence-electron chi connectivity index (χ3n) is 4.02. The van der Waals surface area contributed by atoms with Crippen LogP contribution in [0.25, 0.3) is 0 Å². The third-order valence-corrected chi connectivity index (χ3v) is 4.67. The Bertz CT molecular complexity index is 665. The van der Waals surface area contributed by atoms with Crippen molar-refractivity contribution in [1.29, 1.82) is 0 Å². The van der Waals surface area contributed by atoms with Gasteiger partial charge in [-0.15, -0.1) is 0 Å². The SMILES string of the molecule is CSCCC(NC(=O)N1c2ccccc2NC(=O)C1C(C)C)C(=O)O. The van der Waals surface area contributed by atoms with Crippen LogP contribution in [-0.2, 0) is 9.59 Å². The fourth-order valence-corrected chi connectivity index (χ4v) is 3.28. The molecule has 0 spiro atoms. The number of benzene rings is 1. The lowest BCUT2D eigenvalue weighted by Crippen LogP contribution is -2.58. The van der Waals surface area contributed by atoms with Gasteiger partial charge in [-0.3, -0.25) is 9.69 Å². The van der Waals surface area contributed by atoms with Crippen molar-refractivity contribution in [3.8, 4) is 0 Å². The Kier molecular flexibility index (Phi) is 6.30. The summed E-state index contributed by atoms with van der Waals surface area (Å²) in [5.41, 5.74) is 1.10. The van der Waals surface area contributed by atoms with Crippen LogP contribution in [0.2, 0.25) is 0 Å². The maximum Gasteiger partial charge on any atom is 0.326 e. The largest absolute Gasteiger partial charge is 0.480 e. The first kappa shape index (κ1) is 19.1. The molecule has 0 saturated carbocycles.